The van der Waals surface area contributed by atoms with E-state index >= 15 is 0 Å². The molecule has 1 aromatic carbocycles. The summed E-state index contributed by atoms with van der Waals surface area (Å²) in [5, 5.41) is 7.16. The van der Waals surface area contributed by atoms with Gasteiger partial charge in [-0.2, -0.15) is 0 Å². The van der Waals surface area contributed by atoms with Crippen LogP contribution in [-0.2, 0) is 4.74 Å². The molecule has 0 radical (unpaired) electrons. The Hall–Kier alpha value is -1.10. The summed E-state index contributed by atoms with van der Waals surface area (Å²) in [6.07, 6.45) is 6.38. The van der Waals surface area contributed by atoms with E-state index in [0.717, 1.165) is 57.6 Å². The van der Waals surface area contributed by atoms with Gasteiger partial charge in [0.2, 0.25) is 0 Å². The number of ether oxygens (including phenoxy) is 2. The molecule has 0 aliphatic carbocycles. The second kappa shape index (κ2) is 14.9. The molecule has 2 N–H and O–H groups in total. The van der Waals surface area contributed by atoms with E-state index in [1.54, 1.807) is 14.2 Å². The molecule has 0 amide bonds. The second-order valence-electron chi connectivity index (χ2n) is 8.54. The van der Waals surface area contributed by atoms with E-state index in [9.17, 15) is 0 Å². The number of hydrogen-bond donors (Lipinski definition) is 2. The summed E-state index contributed by atoms with van der Waals surface area (Å²) in [6, 6.07) is 9.40. The van der Waals surface area contributed by atoms with Crippen molar-refractivity contribution in [3.63, 3.8) is 0 Å². The third kappa shape index (κ3) is 8.04. The van der Waals surface area contributed by atoms with E-state index in [0.29, 0.717) is 12.1 Å². The van der Waals surface area contributed by atoms with Crippen LogP contribution in [0.3, 0.4) is 0 Å². The molecule has 2 unspecified atom stereocenters. The Labute approximate surface area is 211 Å². The van der Waals surface area contributed by atoms with E-state index in [4.69, 9.17) is 9.47 Å². The first-order valence-corrected chi connectivity index (χ1v) is 11.8. The van der Waals surface area contributed by atoms with Crippen molar-refractivity contribution in [1.82, 2.24) is 20.4 Å². The van der Waals surface area contributed by atoms with Gasteiger partial charge >= 0.3 is 0 Å². The number of likely N-dealkylation sites (tertiary alicyclic amines) is 2. The Bertz CT molecular complexity index is 667. The molecule has 32 heavy (non-hydrogen) atoms. The highest BCUT2D eigenvalue weighted by Gasteiger charge is 2.25. The monoisotopic (exact) mass is 559 g/mol. The highest BCUT2D eigenvalue weighted by atomic mass is 127. The molecule has 1 aromatic rings. The van der Waals surface area contributed by atoms with Crippen molar-refractivity contribution in [1.29, 1.82) is 0 Å². The van der Waals surface area contributed by atoms with Crippen molar-refractivity contribution in [3.05, 3.63) is 29.8 Å². The zero-order valence-corrected chi connectivity index (χ0v) is 22.3. The number of nitrogens with one attached hydrogen (secondary N) is 2. The Balaban J connectivity index is 0.00000363. The van der Waals surface area contributed by atoms with Gasteiger partial charge < -0.3 is 20.1 Å². The number of methoxy groups -OCH3 is 2. The maximum Gasteiger partial charge on any atom is 0.191 e. The lowest BCUT2D eigenvalue weighted by atomic mass is 10.0. The topological polar surface area (TPSA) is 61.4 Å². The summed E-state index contributed by atoms with van der Waals surface area (Å²) in [6.45, 7) is 7.02. The summed E-state index contributed by atoms with van der Waals surface area (Å²) in [4.78, 5) is 9.62. The molecule has 0 bridgehead atoms. The Kier molecular flexibility index (Phi) is 12.7. The first-order valence-electron chi connectivity index (χ1n) is 11.8. The maximum absolute atomic E-state index is 5.35. The minimum Gasteiger partial charge on any atom is -0.497 e. The lowest BCUT2D eigenvalue weighted by molar-refractivity contribution is 0.141. The summed E-state index contributed by atoms with van der Waals surface area (Å²) in [5.41, 5.74) is 1.33. The van der Waals surface area contributed by atoms with Crippen molar-refractivity contribution in [2.24, 2.45) is 4.99 Å². The zero-order valence-electron chi connectivity index (χ0n) is 20.0. The molecule has 2 saturated heterocycles. The molecule has 8 heteroatoms. The maximum atomic E-state index is 5.35. The van der Waals surface area contributed by atoms with Gasteiger partial charge in [-0.15, -0.1) is 24.0 Å². The zero-order chi connectivity index (χ0) is 21.9. The predicted octanol–water partition coefficient (Wildman–Crippen LogP) is 3.12. The van der Waals surface area contributed by atoms with Crippen molar-refractivity contribution in [3.8, 4) is 5.75 Å². The smallest absolute Gasteiger partial charge is 0.191 e. The van der Waals surface area contributed by atoms with Gasteiger partial charge in [0, 0.05) is 39.8 Å². The minimum atomic E-state index is 0. The van der Waals surface area contributed by atoms with Crippen LogP contribution in [0.5, 0.6) is 5.75 Å². The normalized spacial score (nSPS) is 21.1. The largest absolute Gasteiger partial charge is 0.497 e. The molecule has 2 aliphatic rings. The lowest BCUT2D eigenvalue weighted by Gasteiger charge is -2.35. The molecule has 2 atom stereocenters. The molecule has 182 valence electrons. The summed E-state index contributed by atoms with van der Waals surface area (Å²) < 4.78 is 10.6. The quantitative estimate of drug-likeness (QED) is 0.261. The van der Waals surface area contributed by atoms with Crippen molar-refractivity contribution in [2.75, 3.05) is 67.1 Å². The van der Waals surface area contributed by atoms with E-state index in [-0.39, 0.29) is 24.0 Å². The van der Waals surface area contributed by atoms with Crippen LogP contribution in [0.2, 0.25) is 0 Å². The Morgan fingerprint density at radius 3 is 2.47 bits per heavy atom. The highest BCUT2D eigenvalue weighted by molar-refractivity contribution is 14.0. The molecule has 7 nitrogen and oxygen atoms in total. The number of halogens is 1. The number of guanidine groups is 1. The van der Waals surface area contributed by atoms with Crippen LogP contribution in [0, 0.1) is 0 Å². The summed E-state index contributed by atoms with van der Waals surface area (Å²) in [5.74, 6) is 1.79. The van der Waals surface area contributed by atoms with Crippen LogP contribution < -0.4 is 15.4 Å². The molecule has 0 spiro atoms. The number of piperidine rings is 1. The van der Waals surface area contributed by atoms with Gasteiger partial charge in [0.1, 0.15) is 5.75 Å². The lowest BCUT2D eigenvalue weighted by Crippen LogP contribution is -2.48. The fourth-order valence-corrected chi connectivity index (χ4v) is 4.77. The third-order valence-electron chi connectivity index (χ3n) is 6.61. The highest BCUT2D eigenvalue weighted by Crippen LogP contribution is 2.26. The molecular weight excluding hydrogens is 517 g/mol. The van der Waals surface area contributed by atoms with Crippen LogP contribution in [0.15, 0.2) is 29.3 Å². The average molecular weight is 560 g/mol. The molecule has 3 rings (SSSR count). The van der Waals surface area contributed by atoms with Gasteiger partial charge in [0.15, 0.2) is 5.96 Å². The van der Waals surface area contributed by atoms with Crippen LogP contribution >= 0.6 is 24.0 Å². The molecule has 0 saturated carbocycles. The SMILES string of the molecule is CN=C(NCC1CCCN1CCOC)NCC(c1ccc(OC)cc1)N1CCCCC1.I. The van der Waals surface area contributed by atoms with Crippen molar-refractivity contribution in [2.45, 2.75) is 44.2 Å². The van der Waals surface area contributed by atoms with E-state index in [2.05, 4.69) is 49.7 Å². The fourth-order valence-electron chi connectivity index (χ4n) is 4.77. The molecule has 2 heterocycles. The van der Waals surface area contributed by atoms with Crippen molar-refractivity contribution >= 4 is 29.9 Å². The number of benzene rings is 1. The number of hydrogen-bond acceptors (Lipinski definition) is 5. The first-order chi connectivity index (χ1) is 15.2. The van der Waals surface area contributed by atoms with Crippen LogP contribution in [-0.4, -0.2) is 88.9 Å². The Morgan fingerprint density at radius 2 is 1.81 bits per heavy atom. The van der Waals surface area contributed by atoms with E-state index in [1.807, 2.05) is 7.05 Å². The van der Waals surface area contributed by atoms with Gasteiger partial charge in [-0.25, -0.2) is 0 Å². The van der Waals surface area contributed by atoms with Gasteiger partial charge in [0.25, 0.3) is 0 Å². The summed E-state index contributed by atoms with van der Waals surface area (Å²) in [7, 11) is 5.35. The summed E-state index contributed by atoms with van der Waals surface area (Å²) >= 11 is 0. The van der Waals surface area contributed by atoms with Crippen LogP contribution in [0.1, 0.15) is 43.7 Å². The van der Waals surface area contributed by atoms with Crippen molar-refractivity contribution < 1.29 is 9.47 Å². The standard InChI is InChI=1S/C24H41N5O2.HI/c1-25-24(26-18-21-8-7-15-28(21)16-17-30-2)27-19-23(29-13-5-4-6-14-29)20-9-11-22(31-3)12-10-20;/h9-12,21,23H,4-8,13-19H2,1-3H3,(H2,25,26,27);1H. The fraction of sp³-hybridized carbons (Fsp3) is 0.708. The number of nitrogens with zero attached hydrogens (tertiary/aromatic N) is 3. The van der Waals surface area contributed by atoms with E-state index < -0.39 is 0 Å². The van der Waals surface area contributed by atoms with E-state index in [1.165, 1.54) is 37.7 Å². The Morgan fingerprint density at radius 1 is 1.06 bits per heavy atom. The molecule has 0 aromatic heterocycles. The molecular formula is C24H42IN5O2. The van der Waals surface area contributed by atoms with Gasteiger partial charge in [-0.1, -0.05) is 18.6 Å². The second-order valence-corrected chi connectivity index (χ2v) is 8.54. The predicted molar refractivity (Wildman–Crippen MR) is 142 cm³/mol. The first kappa shape index (κ1) is 27.1. The molecule has 2 aliphatic heterocycles. The molecule has 2 fully saturated rings. The minimum absolute atomic E-state index is 0. The number of aliphatic imine (C=N–C) groups is 1. The van der Waals surface area contributed by atoms with Crippen LogP contribution in [0.25, 0.3) is 0 Å². The van der Waals surface area contributed by atoms with Gasteiger partial charge in [0.05, 0.1) is 19.8 Å². The van der Waals surface area contributed by atoms with Crippen LogP contribution in [0.4, 0.5) is 0 Å². The average Bonchev–Trinajstić information content (AvgIpc) is 3.28. The number of rotatable bonds is 10. The van der Waals surface area contributed by atoms with Gasteiger partial charge in [-0.3, -0.25) is 14.8 Å². The third-order valence-corrected chi connectivity index (χ3v) is 6.61. The van der Waals surface area contributed by atoms with Gasteiger partial charge in [-0.05, 0) is 63.0 Å².